The maximum atomic E-state index is 12.4. The molecule has 0 unspecified atom stereocenters. The second kappa shape index (κ2) is 57.8. The molecule has 6 aliphatic heterocycles. The molecule has 5 fully saturated rings. The molecule has 4 N–H and O–H groups in total. The van der Waals surface area contributed by atoms with Crippen molar-refractivity contribution in [3.05, 3.63) is 229 Å². The fraction of sp³-hybridized carbons (Fsp3) is 0.468. The minimum Gasteiger partial charge on any atom is -0.508 e. The minimum absolute atomic E-state index is 0.174. The van der Waals surface area contributed by atoms with Crippen molar-refractivity contribution in [1.29, 1.82) is 0 Å². The van der Waals surface area contributed by atoms with Gasteiger partial charge in [0.2, 0.25) is 0 Å². The van der Waals surface area contributed by atoms with Crippen molar-refractivity contribution < 1.29 is 81.4 Å². The van der Waals surface area contributed by atoms with Gasteiger partial charge >= 0.3 is 0 Å². The Morgan fingerprint density at radius 1 is 0.286 bits per heavy atom. The van der Waals surface area contributed by atoms with Crippen LogP contribution in [0.5, 0.6) is 57.5 Å². The monoisotopic (exact) mass is 1660 g/mol. The SMILES string of the molecule is ClCCN1CCOCC1.NCCCCCCOc1ccc(OCCN2CCOCC2)cc1.O=C1c2ccccc2C(=O)N1CCCCCCOc1ccc(OCCN2CCOCC2)cc1.Oc1ccc(OCCN2CCOCC2)cc1.Oc1ccc(OCc2ccccc2)cc1.c1ccc(COc2ccc(OCCN3CCOCC3)cc2)cc1. The summed E-state index contributed by atoms with van der Waals surface area (Å²) >= 11 is 5.55. The molecule has 24 nitrogen and oxygen atoms in total. The highest BCUT2D eigenvalue weighted by molar-refractivity contribution is 6.21. The van der Waals surface area contributed by atoms with Gasteiger partial charge in [0.15, 0.2) is 0 Å². The third-order valence-electron chi connectivity index (χ3n) is 20.1. The number of phenols is 2. The zero-order chi connectivity index (χ0) is 83.0. The number of hydrogen-bond donors (Lipinski definition) is 3. The molecule has 119 heavy (non-hydrogen) atoms. The Labute approximate surface area is 709 Å². The lowest BCUT2D eigenvalue weighted by Gasteiger charge is -2.26. The summed E-state index contributed by atoms with van der Waals surface area (Å²) in [5.74, 6) is 7.69. The van der Waals surface area contributed by atoms with E-state index in [0.717, 1.165) is 273 Å². The van der Waals surface area contributed by atoms with Crippen molar-refractivity contribution in [3.8, 4) is 57.5 Å². The number of ether oxygens (including phenoxy) is 13. The minimum atomic E-state index is -0.174. The van der Waals surface area contributed by atoms with Crippen molar-refractivity contribution in [2.24, 2.45) is 5.73 Å². The van der Waals surface area contributed by atoms with Crippen molar-refractivity contribution >= 4 is 23.4 Å². The van der Waals surface area contributed by atoms with E-state index in [1.807, 2.05) is 121 Å². The first-order valence-electron chi connectivity index (χ1n) is 42.3. The van der Waals surface area contributed by atoms with Crippen molar-refractivity contribution in [3.63, 3.8) is 0 Å². The third-order valence-corrected chi connectivity index (χ3v) is 20.2. The molecule has 0 aliphatic carbocycles. The lowest BCUT2D eigenvalue weighted by molar-refractivity contribution is 0.0321. The number of unbranched alkanes of at least 4 members (excludes halogenated alkanes) is 6. The van der Waals surface area contributed by atoms with Crippen LogP contribution in [0.3, 0.4) is 0 Å². The number of fused-ring (bicyclic) bond motifs is 1. The third kappa shape index (κ3) is 38.8. The lowest BCUT2D eigenvalue weighted by Crippen LogP contribution is -2.38. The van der Waals surface area contributed by atoms with Crippen LogP contribution in [0.1, 0.15) is 83.2 Å². The zero-order valence-corrected chi connectivity index (χ0v) is 70.2. The normalized spacial score (nSPS) is 15.7. The van der Waals surface area contributed by atoms with Gasteiger partial charge in [0.05, 0.1) is 90.4 Å². The van der Waals surface area contributed by atoms with Crippen LogP contribution in [0.25, 0.3) is 0 Å². The predicted octanol–water partition coefficient (Wildman–Crippen LogP) is 13.5. The number of nitrogens with two attached hydrogens (primary N) is 1. The maximum Gasteiger partial charge on any atom is 0.261 e. The highest BCUT2D eigenvalue weighted by Crippen LogP contribution is 2.26. The van der Waals surface area contributed by atoms with E-state index in [1.165, 1.54) is 23.3 Å². The number of halogens is 1. The molecule has 0 radical (unpaired) electrons. The zero-order valence-electron chi connectivity index (χ0n) is 69.4. The summed E-state index contributed by atoms with van der Waals surface area (Å²) < 4.78 is 72.3. The Kier molecular flexibility index (Phi) is 45.5. The van der Waals surface area contributed by atoms with E-state index in [4.69, 9.17) is 89.1 Å². The standard InChI is InChI=1S/C26H32N2O5.C19H23NO3.C18H30N2O3.C13H12O2.C12H17NO3.C6H12ClNO/c29-25-23-7-3-4-8-24(23)26(30)28(25)13-5-1-2-6-17-32-21-9-11-22(12-10-21)33-20-16-27-14-18-31-19-15-27;1-2-4-17(5-3-1)16-23-19-8-6-18(7-9-19)22-15-12-20-10-13-21-14-11-20;19-9-3-1-2-4-13-22-17-5-7-18(8-6-17)23-16-12-20-10-14-21-15-11-20;14-12-6-8-13(9-7-12)15-10-11-4-2-1-3-5-11;14-11-1-3-12(4-2-11)16-10-7-13-5-8-15-9-6-13;7-1-2-8-3-5-9-6-4-8/h3-4,7-12H,1-2,5-6,13-20H2;1-9H,10-16H2;5-8H,1-4,9-16,19H2;1-9,14H,10H2;1-4,14H,5-10H2;1-6H2. The Bertz CT molecular complexity index is 3880. The second-order valence-electron chi connectivity index (χ2n) is 28.9. The molecule has 0 atom stereocenters. The van der Waals surface area contributed by atoms with Crippen LogP contribution >= 0.6 is 11.6 Å². The molecule has 646 valence electrons. The van der Waals surface area contributed by atoms with Crippen LogP contribution in [0.15, 0.2) is 206 Å². The number of carbonyl (C=O) groups excluding carboxylic acids is 2. The second-order valence-corrected chi connectivity index (χ2v) is 29.3. The lowest BCUT2D eigenvalue weighted by atomic mass is 10.1. The number of benzene rings is 8. The number of carbonyl (C=O) groups is 2. The average molecular weight is 1660 g/mol. The summed E-state index contributed by atoms with van der Waals surface area (Å²) in [7, 11) is 0. The number of phenolic OH excluding ortho intramolecular Hbond substituents is 2. The highest BCUT2D eigenvalue weighted by atomic mass is 35.5. The van der Waals surface area contributed by atoms with Gasteiger partial charge < -0.3 is 77.5 Å². The van der Waals surface area contributed by atoms with Gasteiger partial charge in [-0.3, -0.25) is 39.0 Å². The van der Waals surface area contributed by atoms with E-state index in [0.29, 0.717) is 63.9 Å². The van der Waals surface area contributed by atoms with Crippen molar-refractivity contribution in [2.45, 2.75) is 64.6 Å². The molecular formula is C94H126ClN7O17. The Morgan fingerprint density at radius 3 is 0.832 bits per heavy atom. The maximum absolute atomic E-state index is 12.4. The van der Waals surface area contributed by atoms with Gasteiger partial charge in [-0.05, 0) is 177 Å². The summed E-state index contributed by atoms with van der Waals surface area (Å²) in [6, 6.07) is 64.2. The Hall–Kier alpha value is -9.25. The van der Waals surface area contributed by atoms with E-state index < -0.39 is 0 Å². The molecule has 0 saturated carbocycles. The number of amides is 2. The average Bonchev–Trinajstić information content (AvgIpc) is 1.64. The number of nitrogens with zero attached hydrogens (tertiary/aromatic N) is 6. The number of aromatic hydroxyl groups is 2. The van der Waals surface area contributed by atoms with Gasteiger partial charge in [-0.15, -0.1) is 11.6 Å². The number of rotatable bonds is 39. The molecule has 2 amide bonds. The quantitative estimate of drug-likeness (QED) is 0.0184. The smallest absolute Gasteiger partial charge is 0.261 e. The molecule has 14 rings (SSSR count). The number of imide groups is 1. The van der Waals surface area contributed by atoms with Gasteiger partial charge in [0.25, 0.3) is 11.8 Å². The van der Waals surface area contributed by atoms with Gasteiger partial charge in [-0.1, -0.05) is 98.5 Å². The van der Waals surface area contributed by atoms with E-state index in [9.17, 15) is 9.59 Å². The van der Waals surface area contributed by atoms with Gasteiger partial charge in [-0.25, -0.2) is 0 Å². The fourth-order valence-electron chi connectivity index (χ4n) is 13.0. The summed E-state index contributed by atoms with van der Waals surface area (Å²) in [4.78, 5) is 37.8. The number of hydrogen-bond acceptors (Lipinski definition) is 23. The molecule has 0 bridgehead atoms. The first kappa shape index (κ1) is 93.6. The number of alkyl halides is 1. The van der Waals surface area contributed by atoms with Crippen LogP contribution in [0.4, 0.5) is 0 Å². The first-order chi connectivity index (χ1) is 58.6. The summed E-state index contributed by atoms with van der Waals surface area (Å²) in [5, 5.41) is 18.2. The largest absolute Gasteiger partial charge is 0.508 e. The molecule has 0 spiro atoms. The molecule has 8 aromatic rings. The highest BCUT2D eigenvalue weighted by Gasteiger charge is 2.34. The van der Waals surface area contributed by atoms with Crippen LogP contribution < -0.4 is 43.6 Å². The van der Waals surface area contributed by atoms with Crippen molar-refractivity contribution in [1.82, 2.24) is 29.4 Å². The van der Waals surface area contributed by atoms with E-state index in [2.05, 4.69) is 36.6 Å². The molecule has 6 heterocycles. The van der Waals surface area contributed by atoms with E-state index in [1.54, 1.807) is 72.8 Å². The molecular weight excluding hydrogens is 1530 g/mol. The van der Waals surface area contributed by atoms with Gasteiger partial charge in [0, 0.05) is 111 Å². The Balaban J connectivity index is 0.000000169. The van der Waals surface area contributed by atoms with Gasteiger partial charge in [-0.2, -0.15) is 0 Å². The molecule has 25 heteroatoms. The van der Waals surface area contributed by atoms with Crippen LogP contribution in [0, 0.1) is 0 Å². The van der Waals surface area contributed by atoms with Crippen LogP contribution in [-0.2, 0) is 36.9 Å². The van der Waals surface area contributed by atoms with E-state index in [-0.39, 0.29) is 23.3 Å². The van der Waals surface area contributed by atoms with Crippen molar-refractivity contribution in [2.75, 3.05) is 223 Å². The molecule has 8 aromatic carbocycles. The fourth-order valence-corrected chi connectivity index (χ4v) is 13.3. The molecule has 6 aliphatic rings. The number of morpholine rings is 5. The van der Waals surface area contributed by atoms with E-state index >= 15 is 0 Å². The van der Waals surface area contributed by atoms with Crippen LogP contribution in [0.2, 0.25) is 0 Å². The summed E-state index contributed by atoms with van der Waals surface area (Å²) in [6.45, 7) is 29.6. The summed E-state index contributed by atoms with van der Waals surface area (Å²) in [6.07, 6.45) is 8.24. The first-order valence-corrected chi connectivity index (χ1v) is 42.9. The summed E-state index contributed by atoms with van der Waals surface area (Å²) in [5.41, 5.74) is 8.81. The molecule has 5 saturated heterocycles. The van der Waals surface area contributed by atoms with Crippen LogP contribution in [-0.4, -0.2) is 274 Å². The predicted molar refractivity (Wildman–Crippen MR) is 465 cm³/mol. The topological polar surface area (TPSA) is 240 Å². The Morgan fingerprint density at radius 2 is 0.538 bits per heavy atom. The molecule has 0 aromatic heterocycles. The van der Waals surface area contributed by atoms with Gasteiger partial charge in [0.1, 0.15) is 97.1 Å².